The number of benzene rings is 1. The number of hydrogen-bond acceptors (Lipinski definition) is 5. The van der Waals surface area contributed by atoms with Crippen molar-refractivity contribution in [1.29, 1.82) is 0 Å². The fourth-order valence-corrected chi connectivity index (χ4v) is 6.31. The number of hydrogen-bond donors (Lipinski definition) is 1. The van der Waals surface area contributed by atoms with Crippen LogP contribution in [0, 0.1) is 17.8 Å². The second-order valence-corrected chi connectivity index (χ2v) is 11.0. The molecule has 0 aromatic heterocycles. The fourth-order valence-electron chi connectivity index (χ4n) is 4.84. The van der Waals surface area contributed by atoms with E-state index in [1.54, 1.807) is 24.3 Å². The summed E-state index contributed by atoms with van der Waals surface area (Å²) in [5.74, 6) is 2.01. The maximum atomic E-state index is 12.9. The van der Waals surface area contributed by atoms with Crippen LogP contribution >= 0.6 is 0 Å². The molecular weight excluding hydrogens is 414 g/mol. The van der Waals surface area contributed by atoms with E-state index in [0.29, 0.717) is 56.7 Å². The van der Waals surface area contributed by atoms with Crippen molar-refractivity contribution in [1.82, 2.24) is 14.5 Å². The average Bonchev–Trinajstić information content (AvgIpc) is 2.74. The fraction of sp³-hybridized carbons (Fsp3) is 0.696. The molecule has 8 heteroatoms. The molecule has 7 nitrogen and oxygen atoms in total. The van der Waals surface area contributed by atoms with E-state index in [-0.39, 0.29) is 16.7 Å². The van der Waals surface area contributed by atoms with E-state index in [1.807, 2.05) is 6.92 Å². The first-order valence-corrected chi connectivity index (χ1v) is 13.0. The molecule has 2 unspecified atom stereocenters. The van der Waals surface area contributed by atoms with Gasteiger partial charge in [-0.3, -0.25) is 4.79 Å². The lowest BCUT2D eigenvalue weighted by molar-refractivity contribution is -0.126. The topological polar surface area (TPSA) is 79.0 Å². The Hall–Kier alpha value is -1.64. The molecule has 2 atom stereocenters. The van der Waals surface area contributed by atoms with Crippen LogP contribution in [0.2, 0.25) is 0 Å². The van der Waals surface area contributed by atoms with Crippen molar-refractivity contribution in [3.63, 3.8) is 0 Å². The number of piperidine rings is 2. The number of ether oxygens (including phenoxy) is 1. The highest BCUT2D eigenvalue weighted by Gasteiger charge is 2.32. The molecule has 1 aromatic rings. The largest absolute Gasteiger partial charge is 0.494 e. The third-order valence-corrected chi connectivity index (χ3v) is 8.18. The number of carbonyl (C=O) groups excluding carboxylic acids is 1. The molecule has 2 fully saturated rings. The van der Waals surface area contributed by atoms with Crippen molar-refractivity contribution < 1.29 is 17.9 Å². The zero-order valence-electron chi connectivity index (χ0n) is 19.0. The van der Waals surface area contributed by atoms with Gasteiger partial charge in [-0.25, -0.2) is 8.42 Å². The lowest BCUT2D eigenvalue weighted by Gasteiger charge is -2.35. The van der Waals surface area contributed by atoms with E-state index in [0.717, 1.165) is 19.6 Å². The van der Waals surface area contributed by atoms with Crippen LogP contribution in [0.4, 0.5) is 0 Å². The maximum absolute atomic E-state index is 12.9. The van der Waals surface area contributed by atoms with Gasteiger partial charge in [0.05, 0.1) is 11.5 Å². The SMILES string of the molecule is CCOc1ccc(S(=O)(=O)N2CCC(C(=O)NCCN3CC(C)CC(C)C3)CC2)cc1. The molecule has 0 bridgehead atoms. The Morgan fingerprint density at radius 1 is 1.10 bits per heavy atom. The lowest BCUT2D eigenvalue weighted by atomic mass is 9.92. The van der Waals surface area contributed by atoms with Gasteiger partial charge >= 0.3 is 0 Å². The van der Waals surface area contributed by atoms with Crippen molar-refractivity contribution in [2.75, 3.05) is 45.9 Å². The summed E-state index contributed by atoms with van der Waals surface area (Å²) in [6.45, 7) is 11.5. The first-order chi connectivity index (χ1) is 14.8. The van der Waals surface area contributed by atoms with Gasteiger partial charge in [0.25, 0.3) is 0 Å². The first kappa shape index (κ1) is 24.0. The molecule has 1 N–H and O–H groups in total. The van der Waals surface area contributed by atoms with Crippen LogP contribution in [0.5, 0.6) is 5.75 Å². The van der Waals surface area contributed by atoms with Gasteiger partial charge < -0.3 is 15.0 Å². The van der Waals surface area contributed by atoms with E-state index in [4.69, 9.17) is 4.74 Å². The number of nitrogens with zero attached hydrogens (tertiary/aromatic N) is 2. The van der Waals surface area contributed by atoms with E-state index in [2.05, 4.69) is 24.1 Å². The molecule has 2 saturated heterocycles. The van der Waals surface area contributed by atoms with E-state index in [9.17, 15) is 13.2 Å². The van der Waals surface area contributed by atoms with Gasteiger partial charge in [-0.2, -0.15) is 4.31 Å². The molecule has 2 aliphatic rings. The average molecular weight is 452 g/mol. The molecule has 1 aromatic carbocycles. The molecular formula is C23H37N3O4S. The minimum Gasteiger partial charge on any atom is -0.494 e. The zero-order chi connectivity index (χ0) is 22.4. The molecule has 0 saturated carbocycles. The summed E-state index contributed by atoms with van der Waals surface area (Å²) in [6.07, 6.45) is 2.39. The summed E-state index contributed by atoms with van der Waals surface area (Å²) in [7, 11) is -3.55. The van der Waals surface area contributed by atoms with Crippen molar-refractivity contribution in [3.8, 4) is 5.75 Å². The van der Waals surface area contributed by atoms with Crippen molar-refractivity contribution in [2.24, 2.45) is 17.8 Å². The molecule has 0 aliphatic carbocycles. The van der Waals surface area contributed by atoms with Gasteiger partial charge in [0.2, 0.25) is 15.9 Å². The van der Waals surface area contributed by atoms with Gasteiger partial charge in [-0.15, -0.1) is 0 Å². The second-order valence-electron chi connectivity index (χ2n) is 9.08. The Labute approximate surface area is 187 Å². The second kappa shape index (κ2) is 10.8. The Morgan fingerprint density at radius 3 is 2.29 bits per heavy atom. The Bertz CT molecular complexity index is 810. The molecule has 1 amide bonds. The van der Waals surface area contributed by atoms with Crippen molar-refractivity contribution in [3.05, 3.63) is 24.3 Å². The standard InChI is InChI=1S/C23H37N3O4S/c1-4-30-21-5-7-22(8-6-21)31(28,29)26-12-9-20(10-13-26)23(27)24-11-14-25-16-18(2)15-19(3)17-25/h5-8,18-20H,4,9-17H2,1-3H3,(H,24,27). The number of sulfonamides is 1. The molecule has 174 valence electrons. The highest BCUT2D eigenvalue weighted by molar-refractivity contribution is 7.89. The van der Waals surface area contributed by atoms with Crippen molar-refractivity contribution >= 4 is 15.9 Å². The molecule has 31 heavy (non-hydrogen) atoms. The highest BCUT2D eigenvalue weighted by atomic mass is 32.2. The third-order valence-electron chi connectivity index (χ3n) is 6.27. The zero-order valence-corrected chi connectivity index (χ0v) is 19.9. The Kier molecular flexibility index (Phi) is 8.36. The number of rotatable bonds is 8. The summed E-state index contributed by atoms with van der Waals surface area (Å²) in [6, 6.07) is 6.53. The first-order valence-electron chi connectivity index (χ1n) is 11.5. The lowest BCUT2D eigenvalue weighted by Crippen LogP contribution is -2.46. The summed E-state index contributed by atoms with van der Waals surface area (Å²) >= 11 is 0. The summed E-state index contributed by atoms with van der Waals surface area (Å²) in [4.78, 5) is 15.3. The molecule has 0 radical (unpaired) electrons. The smallest absolute Gasteiger partial charge is 0.243 e. The van der Waals surface area contributed by atoms with Crippen LogP contribution in [-0.4, -0.2) is 69.4 Å². The van der Waals surface area contributed by atoms with Gasteiger partial charge in [-0.1, -0.05) is 13.8 Å². The van der Waals surface area contributed by atoms with Gasteiger partial charge in [-0.05, 0) is 62.3 Å². The maximum Gasteiger partial charge on any atom is 0.243 e. The van der Waals surface area contributed by atoms with Crippen LogP contribution in [0.3, 0.4) is 0 Å². The van der Waals surface area contributed by atoms with Crippen LogP contribution in [-0.2, 0) is 14.8 Å². The van der Waals surface area contributed by atoms with E-state index < -0.39 is 10.0 Å². The van der Waals surface area contributed by atoms with Crippen molar-refractivity contribution in [2.45, 2.75) is 44.9 Å². The van der Waals surface area contributed by atoms with Crippen LogP contribution in [0.25, 0.3) is 0 Å². The summed E-state index contributed by atoms with van der Waals surface area (Å²) in [5.41, 5.74) is 0. The predicted molar refractivity (Wildman–Crippen MR) is 121 cm³/mol. The number of nitrogens with one attached hydrogen (secondary N) is 1. The van der Waals surface area contributed by atoms with Crippen LogP contribution in [0.15, 0.2) is 29.2 Å². The van der Waals surface area contributed by atoms with Gasteiger partial charge in [0.1, 0.15) is 5.75 Å². The number of likely N-dealkylation sites (tertiary alicyclic amines) is 1. The summed E-state index contributed by atoms with van der Waals surface area (Å²) < 4.78 is 32.7. The highest BCUT2D eigenvalue weighted by Crippen LogP contribution is 2.25. The van der Waals surface area contributed by atoms with Gasteiger partial charge in [0.15, 0.2) is 0 Å². The number of amides is 1. The normalized spacial score (nSPS) is 24.1. The van der Waals surface area contributed by atoms with Gasteiger partial charge in [0, 0.05) is 45.2 Å². The Morgan fingerprint density at radius 2 is 1.71 bits per heavy atom. The summed E-state index contributed by atoms with van der Waals surface area (Å²) in [5, 5.41) is 3.07. The molecule has 0 spiro atoms. The monoisotopic (exact) mass is 451 g/mol. The number of carbonyl (C=O) groups is 1. The van der Waals surface area contributed by atoms with E-state index >= 15 is 0 Å². The minimum atomic E-state index is -3.55. The Balaban J connectivity index is 1.44. The van der Waals surface area contributed by atoms with Crippen LogP contribution < -0.4 is 10.1 Å². The minimum absolute atomic E-state index is 0.0521. The molecule has 2 heterocycles. The predicted octanol–water partition coefficient (Wildman–Crippen LogP) is 2.58. The molecule has 3 rings (SSSR count). The molecule has 2 aliphatic heterocycles. The van der Waals surface area contributed by atoms with E-state index in [1.165, 1.54) is 10.7 Å². The quantitative estimate of drug-likeness (QED) is 0.657. The third kappa shape index (κ3) is 6.43. The van der Waals surface area contributed by atoms with Crippen LogP contribution in [0.1, 0.15) is 40.0 Å².